The van der Waals surface area contributed by atoms with E-state index in [4.69, 9.17) is 16.0 Å². The molecule has 0 bridgehead atoms. The minimum Gasteiger partial charge on any atom is -0.445 e. The zero-order valence-electron chi connectivity index (χ0n) is 13.4. The monoisotopic (exact) mass is 324 g/mol. The first-order valence-corrected chi connectivity index (χ1v) is 7.70. The zero-order chi connectivity index (χ0) is 17.0. The zero-order valence-corrected chi connectivity index (χ0v) is 13.4. The first-order chi connectivity index (χ1) is 11.8. The molecule has 0 aliphatic rings. The van der Waals surface area contributed by atoms with E-state index in [2.05, 4.69) is 10.2 Å². The first kappa shape index (κ1) is 17.5. The molecule has 24 heavy (non-hydrogen) atoms. The normalized spacial score (nSPS) is 11.3. The predicted molar refractivity (Wildman–Crippen MR) is 91.1 cm³/mol. The van der Waals surface area contributed by atoms with Crippen LogP contribution in [0.5, 0.6) is 0 Å². The molecule has 0 heterocycles. The third-order valence-electron chi connectivity index (χ3n) is 3.28. The topological polar surface area (TPSA) is 51.9 Å². The molecule has 5 heteroatoms. The summed E-state index contributed by atoms with van der Waals surface area (Å²) in [5, 5.41) is 2.67. The quantitative estimate of drug-likeness (QED) is 0.757. The van der Waals surface area contributed by atoms with E-state index in [1.807, 2.05) is 60.7 Å². The average molecular weight is 324 g/mol. The Labute approximate surface area is 142 Å². The van der Waals surface area contributed by atoms with Crippen LogP contribution in [0.2, 0.25) is 0 Å². The third kappa shape index (κ3) is 6.51. The molecule has 1 N–H and O–H groups in total. The van der Waals surface area contributed by atoms with Crippen molar-refractivity contribution >= 4 is 6.09 Å². The summed E-state index contributed by atoms with van der Waals surface area (Å²) in [7, 11) is 0. The molecule has 0 aromatic heterocycles. The first-order valence-electron chi connectivity index (χ1n) is 7.70. The van der Waals surface area contributed by atoms with E-state index in [9.17, 15) is 4.79 Å². The Bertz CT molecular complexity index is 653. The lowest BCUT2D eigenvalue weighted by Gasteiger charge is -2.14. The van der Waals surface area contributed by atoms with Crippen LogP contribution in [-0.4, -0.2) is 25.3 Å². The van der Waals surface area contributed by atoms with Crippen LogP contribution in [0.15, 0.2) is 60.7 Å². The maximum atomic E-state index is 11.8. The van der Waals surface area contributed by atoms with Gasteiger partial charge >= 0.3 is 6.09 Å². The standard InChI is InChI=1S/C19H20N2O3/c1-20-12-18(15-23-13-16-8-4-2-5-9-16)21-19(22)24-14-17-10-6-3-7-11-17/h2-11,18H,12-15H2,(H,21,22). The second kappa shape index (κ2) is 10.0. The number of amides is 1. The number of rotatable bonds is 8. The SMILES string of the molecule is [C-]#[N+]CC(COCc1ccccc1)NC(=O)OCc1ccccc1. The summed E-state index contributed by atoms with van der Waals surface area (Å²) < 4.78 is 10.7. The van der Waals surface area contributed by atoms with E-state index < -0.39 is 12.1 Å². The molecule has 0 aliphatic heterocycles. The fourth-order valence-electron chi connectivity index (χ4n) is 2.07. The van der Waals surface area contributed by atoms with Crippen molar-refractivity contribution in [1.29, 1.82) is 0 Å². The Balaban J connectivity index is 1.73. The van der Waals surface area contributed by atoms with E-state index in [-0.39, 0.29) is 19.8 Å². The number of nitrogens with one attached hydrogen (secondary N) is 1. The lowest BCUT2D eigenvalue weighted by Crippen LogP contribution is -2.40. The van der Waals surface area contributed by atoms with Crippen molar-refractivity contribution in [3.63, 3.8) is 0 Å². The smallest absolute Gasteiger partial charge is 0.408 e. The Morgan fingerprint density at radius 2 is 1.58 bits per heavy atom. The van der Waals surface area contributed by atoms with Crippen LogP contribution in [0.1, 0.15) is 11.1 Å². The molecule has 1 amide bonds. The molecule has 5 nitrogen and oxygen atoms in total. The molecule has 0 radical (unpaired) electrons. The molecule has 124 valence electrons. The van der Waals surface area contributed by atoms with Crippen LogP contribution >= 0.6 is 0 Å². The van der Waals surface area contributed by atoms with Gasteiger partial charge in [-0.25, -0.2) is 11.4 Å². The maximum Gasteiger partial charge on any atom is 0.408 e. The number of ether oxygens (including phenoxy) is 2. The van der Waals surface area contributed by atoms with Gasteiger partial charge < -0.3 is 19.6 Å². The number of hydrogen-bond donors (Lipinski definition) is 1. The van der Waals surface area contributed by atoms with Gasteiger partial charge in [-0.05, 0) is 11.1 Å². The van der Waals surface area contributed by atoms with Crippen LogP contribution in [-0.2, 0) is 22.7 Å². The van der Waals surface area contributed by atoms with Gasteiger partial charge in [-0.2, -0.15) is 0 Å². The van der Waals surface area contributed by atoms with Gasteiger partial charge in [-0.1, -0.05) is 60.7 Å². The molecule has 0 fully saturated rings. The van der Waals surface area contributed by atoms with E-state index in [0.717, 1.165) is 11.1 Å². The molecule has 0 saturated heterocycles. The summed E-state index contributed by atoms with van der Waals surface area (Å²) in [6.07, 6.45) is -0.546. The summed E-state index contributed by atoms with van der Waals surface area (Å²) >= 11 is 0. The van der Waals surface area contributed by atoms with Gasteiger partial charge in [0.05, 0.1) is 13.2 Å². The molecule has 2 aromatic rings. The minimum atomic E-state index is -0.546. The van der Waals surface area contributed by atoms with Gasteiger partial charge in [0.2, 0.25) is 6.54 Å². The molecule has 1 atom stereocenters. The highest BCUT2D eigenvalue weighted by atomic mass is 16.5. The van der Waals surface area contributed by atoms with Gasteiger partial charge in [0.15, 0.2) is 0 Å². The van der Waals surface area contributed by atoms with E-state index >= 15 is 0 Å². The summed E-state index contributed by atoms with van der Waals surface area (Å²) in [6, 6.07) is 18.8. The molecule has 2 rings (SSSR count). The van der Waals surface area contributed by atoms with Crippen molar-refractivity contribution in [2.45, 2.75) is 19.3 Å². The van der Waals surface area contributed by atoms with Crippen LogP contribution in [0.3, 0.4) is 0 Å². The van der Waals surface area contributed by atoms with Crippen molar-refractivity contribution in [3.8, 4) is 0 Å². The van der Waals surface area contributed by atoms with Crippen molar-refractivity contribution in [2.75, 3.05) is 13.2 Å². The van der Waals surface area contributed by atoms with E-state index in [1.54, 1.807) is 0 Å². The molecule has 0 spiro atoms. The summed E-state index contributed by atoms with van der Waals surface area (Å²) in [4.78, 5) is 15.2. The predicted octanol–water partition coefficient (Wildman–Crippen LogP) is 3.42. The van der Waals surface area contributed by atoms with Crippen molar-refractivity contribution in [1.82, 2.24) is 5.32 Å². The molecule has 2 aromatic carbocycles. The Kier molecular flexibility index (Phi) is 7.32. The number of nitrogens with zero attached hydrogens (tertiary/aromatic N) is 1. The van der Waals surface area contributed by atoms with Crippen molar-refractivity contribution < 1.29 is 14.3 Å². The number of carbonyl (C=O) groups excluding carboxylic acids is 1. The van der Waals surface area contributed by atoms with Crippen LogP contribution in [0.4, 0.5) is 4.79 Å². The highest BCUT2D eigenvalue weighted by molar-refractivity contribution is 5.67. The lowest BCUT2D eigenvalue weighted by molar-refractivity contribution is 0.0920. The number of carbonyl (C=O) groups is 1. The third-order valence-corrected chi connectivity index (χ3v) is 3.28. The molecule has 0 saturated carbocycles. The number of hydrogen-bond acceptors (Lipinski definition) is 3. The van der Waals surface area contributed by atoms with Gasteiger partial charge in [-0.3, -0.25) is 0 Å². The Morgan fingerprint density at radius 3 is 2.17 bits per heavy atom. The second-order valence-corrected chi connectivity index (χ2v) is 5.24. The van der Waals surface area contributed by atoms with Crippen LogP contribution < -0.4 is 5.32 Å². The minimum absolute atomic E-state index is 0.148. The van der Waals surface area contributed by atoms with Gasteiger partial charge in [0.1, 0.15) is 12.6 Å². The highest BCUT2D eigenvalue weighted by Crippen LogP contribution is 2.03. The van der Waals surface area contributed by atoms with Gasteiger partial charge in [0.25, 0.3) is 0 Å². The second-order valence-electron chi connectivity index (χ2n) is 5.24. The number of alkyl carbamates (subject to hydrolysis) is 1. The number of benzene rings is 2. The molecular formula is C19H20N2O3. The van der Waals surface area contributed by atoms with Crippen LogP contribution in [0.25, 0.3) is 4.85 Å². The molecule has 0 aliphatic carbocycles. The van der Waals surface area contributed by atoms with Crippen molar-refractivity contribution in [3.05, 3.63) is 83.2 Å². The largest absolute Gasteiger partial charge is 0.445 e. The van der Waals surface area contributed by atoms with Gasteiger partial charge in [-0.15, -0.1) is 0 Å². The van der Waals surface area contributed by atoms with E-state index in [0.29, 0.717) is 6.61 Å². The summed E-state index contributed by atoms with van der Waals surface area (Å²) in [5.41, 5.74) is 1.96. The summed E-state index contributed by atoms with van der Waals surface area (Å²) in [5.74, 6) is 0. The maximum absolute atomic E-state index is 11.8. The fourth-order valence-corrected chi connectivity index (χ4v) is 2.07. The fraction of sp³-hybridized carbons (Fsp3) is 0.263. The Morgan fingerprint density at radius 1 is 1.00 bits per heavy atom. The van der Waals surface area contributed by atoms with Gasteiger partial charge in [0, 0.05) is 0 Å². The van der Waals surface area contributed by atoms with E-state index in [1.165, 1.54) is 0 Å². The lowest BCUT2D eigenvalue weighted by atomic mass is 10.2. The Hall–Kier alpha value is -2.84. The van der Waals surface area contributed by atoms with Crippen molar-refractivity contribution in [2.24, 2.45) is 0 Å². The van der Waals surface area contributed by atoms with Crippen LogP contribution in [0, 0.1) is 6.57 Å². The average Bonchev–Trinajstić information content (AvgIpc) is 2.62. The molecule has 1 unspecified atom stereocenters. The highest BCUT2D eigenvalue weighted by Gasteiger charge is 2.16. The summed E-state index contributed by atoms with van der Waals surface area (Å²) in [6.45, 7) is 8.04. The molecular weight excluding hydrogens is 304 g/mol.